The zero-order chi connectivity index (χ0) is 11.5. The molecule has 0 bridgehead atoms. The van der Waals surface area contributed by atoms with Crippen LogP contribution in [0.15, 0.2) is 24.3 Å². The summed E-state index contributed by atoms with van der Waals surface area (Å²) in [7, 11) is 0. The number of imidazole rings is 1. The van der Waals surface area contributed by atoms with Crippen LogP contribution >= 0.6 is 11.8 Å². The number of aromatic nitrogens is 2. The van der Waals surface area contributed by atoms with Crippen molar-refractivity contribution in [3.63, 3.8) is 0 Å². The Labute approximate surface area is 105 Å². The van der Waals surface area contributed by atoms with Gasteiger partial charge in [-0.2, -0.15) is 11.8 Å². The minimum atomic E-state index is 0.747. The lowest BCUT2D eigenvalue weighted by molar-refractivity contribution is 0.676. The highest BCUT2D eigenvalue weighted by atomic mass is 32.2. The lowest BCUT2D eigenvalue weighted by Crippen LogP contribution is -2.20. The molecule has 2 aromatic rings. The summed E-state index contributed by atoms with van der Waals surface area (Å²) in [6.07, 6.45) is 4.09. The summed E-state index contributed by atoms with van der Waals surface area (Å²) in [5.41, 5.74) is 2.14. The van der Waals surface area contributed by atoms with Crippen molar-refractivity contribution in [1.29, 1.82) is 0 Å². The average molecular weight is 247 g/mol. The summed E-state index contributed by atoms with van der Waals surface area (Å²) >= 11 is 2.09. The predicted octanol–water partition coefficient (Wildman–Crippen LogP) is 3.26. The van der Waals surface area contributed by atoms with E-state index in [1.807, 2.05) is 18.2 Å². The molecular weight excluding hydrogens is 230 g/mol. The van der Waals surface area contributed by atoms with E-state index in [4.69, 9.17) is 0 Å². The second-order valence-corrected chi connectivity index (χ2v) is 5.88. The zero-order valence-electron chi connectivity index (χ0n) is 9.78. The maximum Gasteiger partial charge on any atom is 0.201 e. The number of H-pyrrole nitrogens is 1. The van der Waals surface area contributed by atoms with Crippen LogP contribution < -0.4 is 5.32 Å². The molecule has 0 spiro atoms. The summed E-state index contributed by atoms with van der Waals surface area (Å²) < 4.78 is 0. The lowest BCUT2D eigenvalue weighted by Gasteiger charge is -2.21. The van der Waals surface area contributed by atoms with Gasteiger partial charge in [-0.3, -0.25) is 0 Å². The van der Waals surface area contributed by atoms with Gasteiger partial charge in [0.25, 0.3) is 0 Å². The molecule has 0 amide bonds. The molecule has 1 aliphatic rings. The molecule has 3 nitrogen and oxygen atoms in total. The van der Waals surface area contributed by atoms with Crippen molar-refractivity contribution in [1.82, 2.24) is 9.97 Å². The van der Waals surface area contributed by atoms with Crippen LogP contribution in [0.4, 0.5) is 5.95 Å². The number of anilines is 1. The molecule has 2 N–H and O–H groups in total. The smallest absolute Gasteiger partial charge is 0.201 e. The van der Waals surface area contributed by atoms with Gasteiger partial charge in [0.2, 0.25) is 5.95 Å². The Bertz CT molecular complexity index is 455. The van der Waals surface area contributed by atoms with Crippen molar-refractivity contribution in [2.24, 2.45) is 0 Å². The second-order valence-electron chi connectivity index (χ2n) is 4.47. The Kier molecular flexibility index (Phi) is 3.22. The predicted molar refractivity (Wildman–Crippen MR) is 74.7 cm³/mol. The average Bonchev–Trinajstić information content (AvgIpc) is 2.80. The van der Waals surface area contributed by atoms with Gasteiger partial charge < -0.3 is 10.3 Å². The fourth-order valence-corrected chi connectivity index (χ4v) is 3.45. The van der Waals surface area contributed by atoms with E-state index in [2.05, 4.69) is 33.1 Å². The largest absolute Gasteiger partial charge is 0.355 e. The maximum atomic E-state index is 4.52. The number of aromatic amines is 1. The molecule has 0 saturated carbocycles. The van der Waals surface area contributed by atoms with Gasteiger partial charge >= 0.3 is 0 Å². The highest BCUT2D eigenvalue weighted by molar-refractivity contribution is 7.99. The molecule has 1 aliphatic heterocycles. The van der Waals surface area contributed by atoms with Gasteiger partial charge in [0.1, 0.15) is 0 Å². The van der Waals surface area contributed by atoms with E-state index in [1.165, 1.54) is 25.0 Å². The highest BCUT2D eigenvalue weighted by Crippen LogP contribution is 2.25. The number of fused-ring (bicyclic) bond motifs is 1. The molecule has 1 aromatic carbocycles. The number of nitrogens with zero attached hydrogens (tertiary/aromatic N) is 1. The van der Waals surface area contributed by atoms with E-state index >= 15 is 0 Å². The van der Waals surface area contributed by atoms with Crippen molar-refractivity contribution in [3.8, 4) is 0 Å². The van der Waals surface area contributed by atoms with Crippen LogP contribution in [0.2, 0.25) is 0 Å². The number of nitrogens with one attached hydrogen (secondary N) is 2. The van der Waals surface area contributed by atoms with Crippen LogP contribution in [0, 0.1) is 0 Å². The molecule has 1 atom stereocenters. The van der Waals surface area contributed by atoms with Gasteiger partial charge in [-0.05, 0) is 30.7 Å². The third-order valence-corrected chi connectivity index (χ3v) is 4.56. The van der Waals surface area contributed by atoms with Gasteiger partial charge in [-0.15, -0.1) is 0 Å². The fraction of sp³-hybridized carbons (Fsp3) is 0.462. The first kappa shape index (κ1) is 11.0. The molecule has 4 heteroatoms. The van der Waals surface area contributed by atoms with Crippen LogP contribution in [0.3, 0.4) is 0 Å². The summed E-state index contributed by atoms with van der Waals surface area (Å²) in [5.74, 6) is 2.21. The highest BCUT2D eigenvalue weighted by Gasteiger charge is 2.13. The van der Waals surface area contributed by atoms with E-state index in [0.29, 0.717) is 0 Å². The van der Waals surface area contributed by atoms with E-state index in [1.54, 1.807) is 0 Å². The van der Waals surface area contributed by atoms with Gasteiger partial charge in [-0.25, -0.2) is 4.98 Å². The van der Waals surface area contributed by atoms with Crippen molar-refractivity contribution >= 4 is 28.7 Å². The number of thioether (sulfide) groups is 1. The fourth-order valence-electron chi connectivity index (χ4n) is 2.22. The third-order valence-electron chi connectivity index (χ3n) is 3.16. The molecule has 1 saturated heterocycles. The molecule has 1 aromatic heterocycles. The summed E-state index contributed by atoms with van der Waals surface area (Å²) in [6, 6.07) is 8.14. The summed E-state index contributed by atoms with van der Waals surface area (Å²) in [4.78, 5) is 7.82. The number of hydrogen-bond acceptors (Lipinski definition) is 3. The third kappa shape index (κ3) is 2.57. The van der Waals surface area contributed by atoms with Gasteiger partial charge in [0, 0.05) is 11.8 Å². The van der Waals surface area contributed by atoms with E-state index < -0.39 is 0 Å². The Morgan fingerprint density at radius 2 is 2.29 bits per heavy atom. The second kappa shape index (κ2) is 5.00. The molecule has 1 unspecified atom stereocenters. The van der Waals surface area contributed by atoms with Crippen molar-refractivity contribution in [3.05, 3.63) is 24.3 Å². The van der Waals surface area contributed by atoms with Crippen LogP contribution in [-0.4, -0.2) is 27.5 Å². The number of hydrogen-bond donors (Lipinski definition) is 2. The van der Waals surface area contributed by atoms with E-state index in [9.17, 15) is 0 Å². The first-order chi connectivity index (χ1) is 8.42. The quantitative estimate of drug-likeness (QED) is 0.874. The Morgan fingerprint density at radius 1 is 1.35 bits per heavy atom. The normalized spacial score (nSPS) is 20.6. The van der Waals surface area contributed by atoms with Crippen molar-refractivity contribution < 1.29 is 0 Å². The van der Waals surface area contributed by atoms with Crippen LogP contribution in [0.1, 0.15) is 19.3 Å². The first-order valence-corrected chi connectivity index (χ1v) is 7.27. The summed E-state index contributed by atoms with van der Waals surface area (Å²) in [5, 5.41) is 4.16. The number of para-hydroxylation sites is 2. The molecule has 2 heterocycles. The minimum Gasteiger partial charge on any atom is -0.355 e. The Balaban J connectivity index is 1.64. The molecule has 0 radical (unpaired) electrons. The van der Waals surface area contributed by atoms with Crippen molar-refractivity contribution in [2.45, 2.75) is 24.5 Å². The van der Waals surface area contributed by atoms with Gasteiger partial charge in [0.15, 0.2) is 0 Å². The van der Waals surface area contributed by atoms with Gasteiger partial charge in [-0.1, -0.05) is 18.6 Å². The van der Waals surface area contributed by atoms with E-state index in [-0.39, 0.29) is 0 Å². The Hall–Kier alpha value is -1.16. The molecule has 1 fully saturated rings. The lowest BCUT2D eigenvalue weighted by atomic mass is 10.2. The summed E-state index contributed by atoms with van der Waals surface area (Å²) in [6.45, 7) is 1.02. The molecular formula is C13H17N3S. The van der Waals surface area contributed by atoms with E-state index in [0.717, 1.165) is 28.8 Å². The molecule has 90 valence electrons. The molecule has 0 aliphatic carbocycles. The zero-order valence-corrected chi connectivity index (χ0v) is 10.6. The maximum absolute atomic E-state index is 4.52. The number of rotatable bonds is 3. The number of benzene rings is 1. The minimum absolute atomic E-state index is 0.747. The first-order valence-electron chi connectivity index (χ1n) is 6.22. The molecule has 17 heavy (non-hydrogen) atoms. The van der Waals surface area contributed by atoms with Crippen LogP contribution in [0.25, 0.3) is 11.0 Å². The standard InChI is InChI=1S/C13H17N3S/c1-2-7-12-11(6-1)15-13(16-12)14-9-10-5-3-4-8-17-10/h1-2,6-7,10H,3-5,8-9H2,(H2,14,15,16). The molecule has 3 rings (SSSR count). The Morgan fingerprint density at radius 3 is 3.12 bits per heavy atom. The van der Waals surface area contributed by atoms with Crippen LogP contribution in [0.5, 0.6) is 0 Å². The van der Waals surface area contributed by atoms with Gasteiger partial charge in [0.05, 0.1) is 11.0 Å². The topological polar surface area (TPSA) is 40.7 Å². The van der Waals surface area contributed by atoms with Crippen molar-refractivity contribution in [2.75, 3.05) is 17.6 Å². The SMILES string of the molecule is c1ccc2[nH]c(NCC3CCCCS3)nc2c1. The monoisotopic (exact) mass is 247 g/mol. The van der Waals surface area contributed by atoms with Crippen LogP contribution in [-0.2, 0) is 0 Å².